The molecule has 82 valence electrons. The number of benzene rings is 1. The van der Waals surface area contributed by atoms with Crippen LogP contribution in [0, 0.1) is 0 Å². The van der Waals surface area contributed by atoms with Crippen molar-refractivity contribution in [3.05, 3.63) is 35.4 Å². The van der Waals surface area contributed by atoms with Gasteiger partial charge in [-0.3, -0.25) is 0 Å². The number of allylic oxidation sites excluding steroid dienone is 1. The minimum Gasteiger partial charge on any atom is -0.120 e. The van der Waals surface area contributed by atoms with E-state index in [1.54, 1.807) is 0 Å². The van der Waals surface area contributed by atoms with E-state index >= 15 is 0 Å². The third-order valence-electron chi connectivity index (χ3n) is 1.78. The van der Waals surface area contributed by atoms with E-state index < -0.39 is 0 Å². The molecule has 0 nitrogen and oxygen atoms in total. The zero-order valence-corrected chi connectivity index (χ0v) is 11.1. The van der Waals surface area contributed by atoms with Crippen LogP contribution in [-0.4, -0.2) is 4.75 Å². The van der Waals surface area contributed by atoms with E-state index in [-0.39, 0.29) is 4.75 Å². The van der Waals surface area contributed by atoms with Crippen LogP contribution in [0.1, 0.15) is 40.2 Å². The van der Waals surface area contributed by atoms with Crippen LogP contribution in [0.3, 0.4) is 0 Å². The molecule has 0 aromatic heterocycles. The van der Waals surface area contributed by atoms with E-state index in [4.69, 9.17) is 0 Å². The Morgan fingerprint density at radius 3 is 2.27 bits per heavy atom. The zero-order valence-electron chi connectivity index (χ0n) is 10.3. The van der Waals surface area contributed by atoms with Crippen molar-refractivity contribution in [2.75, 3.05) is 0 Å². The molecule has 1 aromatic carbocycles. The highest BCUT2D eigenvalue weighted by atomic mass is 32.2. The quantitative estimate of drug-likeness (QED) is 0.632. The van der Waals surface area contributed by atoms with Gasteiger partial charge in [-0.2, -0.15) is 0 Å². The maximum atomic E-state index is 2.25. The van der Waals surface area contributed by atoms with E-state index in [0.29, 0.717) is 0 Å². The second-order valence-electron chi connectivity index (χ2n) is 4.97. The van der Waals surface area contributed by atoms with Crippen molar-refractivity contribution in [3.63, 3.8) is 0 Å². The summed E-state index contributed by atoms with van der Waals surface area (Å²) in [5.74, 6) is 0. The Hall–Kier alpha value is -0.690. The van der Waals surface area contributed by atoms with Crippen molar-refractivity contribution in [2.45, 2.75) is 44.3 Å². The lowest BCUT2D eigenvalue weighted by Crippen LogP contribution is -2.06. The van der Waals surface area contributed by atoms with Crippen LogP contribution < -0.4 is 0 Å². The second kappa shape index (κ2) is 4.89. The van der Waals surface area contributed by atoms with Crippen LogP contribution in [-0.2, 0) is 0 Å². The molecule has 1 aromatic rings. The Balaban J connectivity index is 3.02. The molecule has 0 fully saturated rings. The highest BCUT2D eigenvalue weighted by molar-refractivity contribution is 8.00. The molecular formula is C14H20S. The summed E-state index contributed by atoms with van der Waals surface area (Å²) in [4.78, 5) is 1.37. The van der Waals surface area contributed by atoms with Crippen LogP contribution in [0.15, 0.2) is 34.7 Å². The van der Waals surface area contributed by atoms with Gasteiger partial charge in [0.15, 0.2) is 0 Å². The molecule has 0 bridgehead atoms. The number of thioether (sulfide) groups is 1. The average Bonchev–Trinajstić information content (AvgIpc) is 2.05. The van der Waals surface area contributed by atoms with Gasteiger partial charge in [0.1, 0.15) is 0 Å². The molecule has 0 spiro atoms. The normalized spacial score (nSPS) is 11.3. The third-order valence-corrected chi connectivity index (χ3v) is 2.98. The Kier molecular flexibility index (Phi) is 4.04. The molecule has 0 atom stereocenters. The first-order valence-corrected chi connectivity index (χ1v) is 6.13. The number of hydrogen-bond acceptors (Lipinski definition) is 1. The first kappa shape index (κ1) is 12.4. The maximum Gasteiger partial charge on any atom is 0.0150 e. The van der Waals surface area contributed by atoms with Crippen molar-refractivity contribution in [1.82, 2.24) is 0 Å². The lowest BCUT2D eigenvalue weighted by molar-refractivity contribution is 0.802. The monoisotopic (exact) mass is 220 g/mol. The van der Waals surface area contributed by atoms with Crippen molar-refractivity contribution in [2.24, 2.45) is 0 Å². The largest absolute Gasteiger partial charge is 0.120 e. The molecule has 0 N–H and O–H groups in total. The molecular weight excluding hydrogens is 200 g/mol. The number of rotatable bonds is 2. The molecule has 0 aliphatic carbocycles. The van der Waals surface area contributed by atoms with Gasteiger partial charge < -0.3 is 0 Å². The van der Waals surface area contributed by atoms with Gasteiger partial charge in [0.2, 0.25) is 0 Å². The molecule has 1 rings (SSSR count). The van der Waals surface area contributed by atoms with Gasteiger partial charge in [-0.1, -0.05) is 50.6 Å². The molecule has 0 aliphatic rings. The van der Waals surface area contributed by atoms with Gasteiger partial charge in [-0.15, -0.1) is 11.8 Å². The summed E-state index contributed by atoms with van der Waals surface area (Å²) in [6.07, 6.45) is 2.24. The summed E-state index contributed by atoms with van der Waals surface area (Å²) >= 11 is 1.92. The summed E-state index contributed by atoms with van der Waals surface area (Å²) in [6, 6.07) is 8.59. The van der Waals surface area contributed by atoms with Gasteiger partial charge in [-0.05, 0) is 25.5 Å². The van der Waals surface area contributed by atoms with Gasteiger partial charge in [-0.25, -0.2) is 0 Å². The summed E-state index contributed by atoms with van der Waals surface area (Å²) in [5, 5.41) is 0. The molecule has 0 amide bonds. The van der Waals surface area contributed by atoms with Gasteiger partial charge >= 0.3 is 0 Å². The predicted octanol–water partition coefficient (Wildman–Crippen LogP) is 5.00. The summed E-state index contributed by atoms with van der Waals surface area (Å²) in [7, 11) is 0. The van der Waals surface area contributed by atoms with Gasteiger partial charge in [0.25, 0.3) is 0 Å². The fourth-order valence-corrected chi connectivity index (χ4v) is 2.38. The SMILES string of the molecule is CC(C)=Cc1ccccc1SC(C)(C)C. The van der Waals surface area contributed by atoms with Gasteiger partial charge in [0.05, 0.1) is 0 Å². The summed E-state index contributed by atoms with van der Waals surface area (Å²) < 4.78 is 0.269. The topological polar surface area (TPSA) is 0 Å². The molecule has 15 heavy (non-hydrogen) atoms. The minimum atomic E-state index is 0.269. The lowest BCUT2D eigenvalue weighted by Gasteiger charge is -2.19. The maximum absolute atomic E-state index is 2.25. The second-order valence-corrected chi connectivity index (χ2v) is 6.84. The zero-order chi connectivity index (χ0) is 11.5. The molecule has 0 aliphatic heterocycles. The average molecular weight is 220 g/mol. The van der Waals surface area contributed by atoms with E-state index in [2.05, 4.69) is 65.0 Å². The summed E-state index contributed by atoms with van der Waals surface area (Å²) in [6.45, 7) is 11.0. The van der Waals surface area contributed by atoms with Crippen molar-refractivity contribution in [3.8, 4) is 0 Å². The lowest BCUT2D eigenvalue weighted by atomic mass is 10.1. The Bertz CT molecular complexity index is 352. The molecule has 0 saturated heterocycles. The highest BCUT2D eigenvalue weighted by Crippen LogP contribution is 2.34. The molecule has 0 unspecified atom stereocenters. The van der Waals surface area contributed by atoms with Crippen LogP contribution in [0.4, 0.5) is 0 Å². The highest BCUT2D eigenvalue weighted by Gasteiger charge is 2.13. The number of hydrogen-bond donors (Lipinski definition) is 0. The standard InChI is InChI=1S/C14H20S/c1-11(2)10-12-8-6-7-9-13(12)15-14(3,4)5/h6-10H,1-5H3. The smallest absolute Gasteiger partial charge is 0.0150 e. The molecule has 1 heteroatoms. The fraction of sp³-hybridized carbons (Fsp3) is 0.429. The Labute approximate surface area is 97.8 Å². The summed E-state index contributed by atoms with van der Waals surface area (Å²) in [5.41, 5.74) is 2.68. The first-order chi connectivity index (χ1) is 6.88. The van der Waals surface area contributed by atoms with Crippen molar-refractivity contribution in [1.29, 1.82) is 0 Å². The first-order valence-electron chi connectivity index (χ1n) is 5.31. The van der Waals surface area contributed by atoms with E-state index in [1.807, 2.05) is 11.8 Å². The van der Waals surface area contributed by atoms with E-state index in [9.17, 15) is 0 Å². The molecule has 0 radical (unpaired) electrons. The van der Waals surface area contributed by atoms with Crippen LogP contribution in [0.25, 0.3) is 6.08 Å². The predicted molar refractivity (Wildman–Crippen MR) is 71.4 cm³/mol. The Morgan fingerprint density at radius 2 is 1.73 bits per heavy atom. The fourth-order valence-electron chi connectivity index (χ4n) is 1.33. The molecule has 0 saturated carbocycles. The van der Waals surface area contributed by atoms with Crippen LogP contribution >= 0.6 is 11.8 Å². The van der Waals surface area contributed by atoms with Crippen LogP contribution in [0.5, 0.6) is 0 Å². The third kappa shape index (κ3) is 4.57. The van der Waals surface area contributed by atoms with E-state index in [1.165, 1.54) is 16.0 Å². The van der Waals surface area contributed by atoms with E-state index in [0.717, 1.165) is 0 Å². The van der Waals surface area contributed by atoms with Gasteiger partial charge in [0, 0.05) is 9.64 Å². The Morgan fingerprint density at radius 1 is 1.13 bits per heavy atom. The van der Waals surface area contributed by atoms with Crippen LogP contribution in [0.2, 0.25) is 0 Å². The minimum absolute atomic E-state index is 0.269. The molecule has 0 heterocycles. The van der Waals surface area contributed by atoms with Crippen molar-refractivity contribution >= 4 is 17.8 Å². The van der Waals surface area contributed by atoms with Crippen molar-refractivity contribution < 1.29 is 0 Å².